The van der Waals surface area contributed by atoms with E-state index in [1.54, 1.807) is 0 Å². The van der Waals surface area contributed by atoms with Crippen LogP contribution in [0.5, 0.6) is 0 Å². The Labute approximate surface area is 394 Å². The predicted octanol–water partition coefficient (Wildman–Crippen LogP) is 18.1. The highest BCUT2D eigenvalue weighted by molar-refractivity contribution is 6.19. The van der Waals surface area contributed by atoms with Gasteiger partial charge in [-0.15, -0.1) is 0 Å². The first-order valence-electron chi connectivity index (χ1n) is 23.6. The zero-order chi connectivity index (χ0) is 45.1. The summed E-state index contributed by atoms with van der Waals surface area (Å²) >= 11 is 0. The van der Waals surface area contributed by atoms with E-state index in [2.05, 4.69) is 254 Å². The maximum atomic E-state index is 7.19. The maximum Gasteiger partial charge on any atom is 0.145 e. The topological polar surface area (TPSA) is 21.3 Å². The van der Waals surface area contributed by atoms with E-state index in [0.29, 0.717) is 0 Å². The Balaban J connectivity index is 1.12. The van der Waals surface area contributed by atoms with E-state index >= 15 is 0 Å². The second kappa shape index (κ2) is 14.7. The largest absolute Gasteiger partial charge is 0.455 e. The predicted molar refractivity (Wildman–Crippen MR) is 286 cm³/mol. The summed E-state index contributed by atoms with van der Waals surface area (Å²) < 4.78 is 9.63. The average molecular weight is 869 g/mol. The summed E-state index contributed by atoms with van der Waals surface area (Å²) in [5.41, 5.74) is 17.9. The van der Waals surface area contributed by atoms with Crippen LogP contribution < -0.4 is 4.90 Å². The molecule has 0 radical (unpaired) electrons. The Hall–Kier alpha value is -8.66. The lowest BCUT2D eigenvalue weighted by molar-refractivity contribution is 0.660. The van der Waals surface area contributed by atoms with Crippen molar-refractivity contribution in [3.05, 3.63) is 242 Å². The summed E-state index contributed by atoms with van der Waals surface area (Å²) in [7, 11) is 0. The highest BCUT2D eigenvalue weighted by Gasteiger charge is 2.36. The minimum atomic E-state index is -0.152. The summed E-state index contributed by atoms with van der Waals surface area (Å²) in [6.45, 7) is 4.73. The number of nitrogens with zero attached hydrogens (tertiary/aromatic N) is 2. The molecule has 2 aromatic heterocycles. The van der Waals surface area contributed by atoms with Crippen molar-refractivity contribution < 1.29 is 4.42 Å². The first kappa shape index (κ1) is 38.6. The van der Waals surface area contributed by atoms with Crippen molar-refractivity contribution >= 4 is 82.4 Å². The second-order valence-electron chi connectivity index (χ2n) is 18.8. The number of benzene rings is 11. The van der Waals surface area contributed by atoms with Crippen LogP contribution in [0.1, 0.15) is 25.0 Å². The molecule has 0 fully saturated rings. The molecule has 0 spiro atoms. The fourth-order valence-electron chi connectivity index (χ4n) is 11.7. The van der Waals surface area contributed by atoms with Crippen molar-refractivity contribution in [1.29, 1.82) is 0 Å². The lowest BCUT2D eigenvalue weighted by atomic mass is 9.81. The van der Waals surface area contributed by atoms with Gasteiger partial charge in [0.15, 0.2) is 0 Å². The molecule has 0 amide bonds. The summed E-state index contributed by atoms with van der Waals surface area (Å²) in [6, 6.07) is 84.6. The third-order valence-corrected chi connectivity index (χ3v) is 14.8. The second-order valence-corrected chi connectivity index (χ2v) is 18.8. The van der Waals surface area contributed by atoms with Crippen LogP contribution in [0, 0.1) is 0 Å². The third-order valence-electron chi connectivity index (χ3n) is 14.8. The molecule has 0 N–H and O–H groups in total. The minimum Gasteiger partial charge on any atom is -0.455 e. The standard InChI is InChI=1S/C65H44N2O/c1-65(2)54-29-13-7-23-46(54)47-36-35-42(39-55(47)65)44-21-8-14-30-56(44)67(61-40-41-19-3-4-20-43(41)45-22-5-6-24-48(45)61)60-38-37-52-51-27-12-18-34-62(51)68-64(52)63(60)53-28-11-17-33-59(53)66-57-31-15-9-25-49(57)50-26-10-16-32-58(50)66/h3-40H,1-2H3. The first-order chi connectivity index (χ1) is 33.5. The van der Waals surface area contributed by atoms with E-state index in [1.807, 2.05) is 0 Å². The van der Waals surface area contributed by atoms with Gasteiger partial charge in [-0.3, -0.25) is 0 Å². The molecule has 0 unspecified atom stereocenters. The van der Waals surface area contributed by atoms with Crippen LogP contribution in [0.4, 0.5) is 17.1 Å². The van der Waals surface area contributed by atoms with Gasteiger partial charge in [0, 0.05) is 43.5 Å². The van der Waals surface area contributed by atoms with Crippen LogP contribution in [-0.2, 0) is 5.41 Å². The van der Waals surface area contributed by atoms with Crippen molar-refractivity contribution in [2.45, 2.75) is 19.3 Å². The van der Waals surface area contributed by atoms with E-state index in [4.69, 9.17) is 4.42 Å². The molecule has 1 aliphatic rings. The van der Waals surface area contributed by atoms with Gasteiger partial charge >= 0.3 is 0 Å². The van der Waals surface area contributed by atoms with Crippen LogP contribution in [0.2, 0.25) is 0 Å². The number of fused-ring (bicyclic) bond motifs is 12. The molecule has 11 aromatic carbocycles. The van der Waals surface area contributed by atoms with Gasteiger partial charge in [0.25, 0.3) is 0 Å². The molecule has 3 heteroatoms. The lowest BCUT2D eigenvalue weighted by Gasteiger charge is -2.32. The van der Waals surface area contributed by atoms with Crippen LogP contribution >= 0.6 is 0 Å². The van der Waals surface area contributed by atoms with Gasteiger partial charge in [0.05, 0.1) is 39.3 Å². The van der Waals surface area contributed by atoms with Crippen LogP contribution in [0.15, 0.2) is 235 Å². The molecule has 3 nitrogen and oxygen atoms in total. The van der Waals surface area contributed by atoms with Crippen molar-refractivity contribution in [3.63, 3.8) is 0 Å². The summed E-state index contributed by atoms with van der Waals surface area (Å²) in [6.07, 6.45) is 0. The molecule has 0 aliphatic heterocycles. The third kappa shape index (κ3) is 5.53. The molecule has 0 saturated carbocycles. The molecular formula is C65H44N2O. The van der Waals surface area contributed by atoms with E-state index in [0.717, 1.165) is 77.8 Å². The number of hydrogen-bond donors (Lipinski definition) is 0. The van der Waals surface area contributed by atoms with Crippen molar-refractivity contribution in [2.24, 2.45) is 0 Å². The van der Waals surface area contributed by atoms with Crippen LogP contribution in [-0.4, -0.2) is 4.57 Å². The molecule has 68 heavy (non-hydrogen) atoms. The molecule has 0 bridgehead atoms. The van der Waals surface area contributed by atoms with Gasteiger partial charge in [0.2, 0.25) is 0 Å². The summed E-state index contributed by atoms with van der Waals surface area (Å²) in [5.74, 6) is 0. The summed E-state index contributed by atoms with van der Waals surface area (Å²) in [4.78, 5) is 2.53. The van der Waals surface area contributed by atoms with Crippen LogP contribution in [0.25, 0.3) is 104 Å². The zero-order valence-electron chi connectivity index (χ0n) is 37.7. The molecule has 2 heterocycles. The molecule has 14 rings (SSSR count). The van der Waals surface area contributed by atoms with Crippen molar-refractivity contribution in [2.75, 3.05) is 4.90 Å². The molecule has 320 valence electrons. The average Bonchev–Trinajstić information content (AvgIpc) is 4.02. The number of aromatic nitrogens is 1. The smallest absolute Gasteiger partial charge is 0.145 e. The highest BCUT2D eigenvalue weighted by atomic mass is 16.3. The van der Waals surface area contributed by atoms with Gasteiger partial charge in [-0.25, -0.2) is 0 Å². The minimum absolute atomic E-state index is 0.152. The van der Waals surface area contributed by atoms with E-state index in [-0.39, 0.29) is 5.41 Å². The molecule has 1 aliphatic carbocycles. The Bertz CT molecular complexity index is 4150. The number of furan rings is 1. The Morgan fingerprint density at radius 1 is 0.382 bits per heavy atom. The first-order valence-corrected chi connectivity index (χ1v) is 23.6. The monoisotopic (exact) mass is 868 g/mol. The maximum absolute atomic E-state index is 7.19. The number of hydrogen-bond acceptors (Lipinski definition) is 2. The lowest BCUT2D eigenvalue weighted by Crippen LogP contribution is -2.15. The van der Waals surface area contributed by atoms with Crippen molar-refractivity contribution in [1.82, 2.24) is 4.57 Å². The fraction of sp³-hybridized carbons (Fsp3) is 0.0462. The number of rotatable bonds is 6. The normalized spacial score (nSPS) is 13.0. The van der Waals surface area contributed by atoms with Gasteiger partial charge < -0.3 is 13.9 Å². The Morgan fingerprint density at radius 3 is 1.76 bits per heavy atom. The van der Waals surface area contributed by atoms with Gasteiger partial charge in [-0.2, -0.15) is 0 Å². The zero-order valence-corrected chi connectivity index (χ0v) is 37.7. The van der Waals surface area contributed by atoms with Crippen molar-refractivity contribution in [3.8, 4) is 39.1 Å². The number of para-hydroxylation sites is 5. The molecule has 0 saturated heterocycles. The summed E-state index contributed by atoms with van der Waals surface area (Å²) in [5, 5.41) is 9.39. The molecular weight excluding hydrogens is 825 g/mol. The van der Waals surface area contributed by atoms with Gasteiger partial charge in [0.1, 0.15) is 11.2 Å². The van der Waals surface area contributed by atoms with Gasteiger partial charge in [-0.1, -0.05) is 190 Å². The number of anilines is 3. The quantitative estimate of drug-likeness (QED) is 0.155. The highest BCUT2D eigenvalue weighted by Crippen LogP contribution is 2.54. The van der Waals surface area contributed by atoms with Gasteiger partial charge in [-0.05, 0) is 98.6 Å². The van der Waals surface area contributed by atoms with E-state index < -0.39 is 0 Å². The van der Waals surface area contributed by atoms with E-state index in [9.17, 15) is 0 Å². The van der Waals surface area contributed by atoms with Crippen LogP contribution in [0.3, 0.4) is 0 Å². The molecule has 0 atom stereocenters. The SMILES string of the molecule is CC1(C)c2ccccc2-c2ccc(-c3ccccc3N(c3ccc4c(oc5ccccc54)c3-c3ccccc3-n3c4ccccc4c4ccccc43)c3cc4ccccc4c4ccccc34)cc21. The van der Waals surface area contributed by atoms with E-state index in [1.165, 1.54) is 54.7 Å². The Kier molecular flexibility index (Phi) is 8.33. The fourth-order valence-corrected chi connectivity index (χ4v) is 11.7. The Morgan fingerprint density at radius 2 is 0.971 bits per heavy atom. The molecule has 13 aromatic rings.